The predicted octanol–water partition coefficient (Wildman–Crippen LogP) is 2.25. The molecule has 0 spiro atoms. The van der Waals surface area contributed by atoms with Crippen molar-refractivity contribution in [3.8, 4) is 0 Å². The molecule has 3 N–H and O–H groups in total. The van der Waals surface area contributed by atoms with Gasteiger partial charge in [-0.3, -0.25) is 9.78 Å². The topological polar surface area (TPSA) is 68.0 Å². The number of aromatic nitrogens is 1. The van der Waals surface area contributed by atoms with Crippen molar-refractivity contribution < 1.29 is 4.79 Å². The van der Waals surface area contributed by atoms with Crippen LogP contribution in [0.3, 0.4) is 0 Å². The largest absolute Gasteiger partial charge is 0.398 e. The maximum atomic E-state index is 11.9. The van der Waals surface area contributed by atoms with Crippen LogP contribution in [0.25, 0.3) is 0 Å². The van der Waals surface area contributed by atoms with Crippen molar-refractivity contribution in [2.75, 3.05) is 5.73 Å². The Bertz CT molecular complexity index is 557. The Morgan fingerprint density at radius 1 is 1.28 bits per heavy atom. The number of carbonyl (C=O) groups is 1. The van der Waals surface area contributed by atoms with Gasteiger partial charge in [0.2, 0.25) is 0 Å². The first-order chi connectivity index (χ1) is 8.68. The Morgan fingerprint density at radius 3 is 2.83 bits per heavy atom. The highest BCUT2D eigenvalue weighted by atomic mass is 35.5. The number of nitrogens with zero attached hydrogens (tertiary/aromatic N) is 1. The van der Waals surface area contributed by atoms with Crippen molar-refractivity contribution in [2.24, 2.45) is 0 Å². The van der Waals surface area contributed by atoms with Gasteiger partial charge in [0.1, 0.15) is 0 Å². The maximum absolute atomic E-state index is 11.9. The molecule has 4 nitrogen and oxygen atoms in total. The lowest BCUT2D eigenvalue weighted by Crippen LogP contribution is -2.23. The Kier molecular flexibility index (Phi) is 3.79. The molecule has 18 heavy (non-hydrogen) atoms. The summed E-state index contributed by atoms with van der Waals surface area (Å²) in [6.07, 6.45) is 1.68. The smallest absolute Gasteiger partial charge is 0.253 e. The summed E-state index contributed by atoms with van der Waals surface area (Å²) in [4.78, 5) is 16.0. The highest BCUT2D eigenvalue weighted by molar-refractivity contribution is 6.36. The summed E-state index contributed by atoms with van der Waals surface area (Å²) in [5.41, 5.74) is 7.18. The lowest BCUT2D eigenvalue weighted by Gasteiger charge is -2.07. The summed E-state index contributed by atoms with van der Waals surface area (Å²) in [7, 11) is 0. The Hall–Kier alpha value is -2.07. The summed E-state index contributed by atoms with van der Waals surface area (Å²) in [5.74, 6) is -0.266. The lowest BCUT2D eigenvalue weighted by atomic mass is 10.2. The zero-order valence-electron chi connectivity index (χ0n) is 9.56. The van der Waals surface area contributed by atoms with Crippen LogP contribution in [0, 0.1) is 0 Å². The second-order valence-corrected chi connectivity index (χ2v) is 4.09. The fraction of sp³-hybridized carbons (Fsp3) is 0.0769. The van der Waals surface area contributed by atoms with Gasteiger partial charge >= 0.3 is 0 Å². The molecule has 2 rings (SSSR count). The molecule has 0 aliphatic heterocycles. The summed E-state index contributed by atoms with van der Waals surface area (Å²) >= 11 is 5.97. The monoisotopic (exact) mass is 261 g/mol. The van der Waals surface area contributed by atoms with Crippen LogP contribution in [-0.2, 0) is 6.54 Å². The number of hydrogen-bond acceptors (Lipinski definition) is 3. The maximum Gasteiger partial charge on any atom is 0.253 e. The third-order valence-corrected chi connectivity index (χ3v) is 2.85. The fourth-order valence-corrected chi connectivity index (χ4v) is 1.71. The van der Waals surface area contributed by atoms with Crippen molar-refractivity contribution in [3.05, 3.63) is 58.9 Å². The second-order valence-electron chi connectivity index (χ2n) is 3.71. The van der Waals surface area contributed by atoms with Gasteiger partial charge in [-0.05, 0) is 24.3 Å². The van der Waals surface area contributed by atoms with Gasteiger partial charge < -0.3 is 11.1 Å². The molecule has 0 aliphatic carbocycles. The predicted molar refractivity (Wildman–Crippen MR) is 71.3 cm³/mol. The molecule has 1 aromatic heterocycles. The van der Waals surface area contributed by atoms with E-state index in [0.717, 1.165) is 5.69 Å². The number of nitrogens with one attached hydrogen (secondary N) is 1. The molecule has 1 amide bonds. The Balaban J connectivity index is 2.07. The van der Waals surface area contributed by atoms with Gasteiger partial charge in [0, 0.05) is 6.20 Å². The quantitative estimate of drug-likeness (QED) is 0.833. The van der Waals surface area contributed by atoms with Gasteiger partial charge in [0.15, 0.2) is 0 Å². The van der Waals surface area contributed by atoms with Crippen LogP contribution in [0.15, 0.2) is 42.6 Å². The van der Waals surface area contributed by atoms with E-state index in [0.29, 0.717) is 17.8 Å². The van der Waals surface area contributed by atoms with Gasteiger partial charge in [-0.2, -0.15) is 0 Å². The van der Waals surface area contributed by atoms with Crippen molar-refractivity contribution in [3.63, 3.8) is 0 Å². The van der Waals surface area contributed by atoms with Gasteiger partial charge in [0.05, 0.1) is 28.5 Å². The van der Waals surface area contributed by atoms with Gasteiger partial charge in [-0.25, -0.2) is 0 Å². The van der Waals surface area contributed by atoms with Crippen LogP contribution in [0.5, 0.6) is 0 Å². The second kappa shape index (κ2) is 5.51. The molecule has 0 fully saturated rings. The van der Waals surface area contributed by atoms with Crippen LogP contribution >= 0.6 is 11.6 Å². The van der Waals surface area contributed by atoms with Gasteiger partial charge in [0.25, 0.3) is 5.91 Å². The van der Waals surface area contributed by atoms with E-state index in [1.807, 2.05) is 18.2 Å². The van der Waals surface area contributed by atoms with Crippen molar-refractivity contribution in [1.82, 2.24) is 10.3 Å². The van der Waals surface area contributed by atoms with Crippen molar-refractivity contribution in [1.29, 1.82) is 0 Å². The first-order valence-corrected chi connectivity index (χ1v) is 5.78. The SMILES string of the molecule is Nc1cccc(C(=O)NCc2ccccn2)c1Cl. The molecule has 5 heteroatoms. The fourth-order valence-electron chi connectivity index (χ4n) is 1.49. The van der Waals surface area contributed by atoms with E-state index in [9.17, 15) is 4.79 Å². The molecule has 0 saturated carbocycles. The standard InChI is InChI=1S/C13H12ClN3O/c14-12-10(5-3-6-11(12)15)13(18)17-8-9-4-1-2-7-16-9/h1-7H,8,15H2,(H,17,18). The van der Waals surface area contributed by atoms with Crippen LogP contribution in [0.4, 0.5) is 5.69 Å². The number of anilines is 1. The molecule has 1 heterocycles. The van der Waals surface area contributed by atoms with E-state index >= 15 is 0 Å². The van der Waals surface area contributed by atoms with Crippen LogP contribution in [0.2, 0.25) is 5.02 Å². The molecule has 0 bridgehead atoms. The van der Waals surface area contributed by atoms with E-state index in [-0.39, 0.29) is 10.9 Å². The molecule has 1 aromatic carbocycles. The number of carbonyl (C=O) groups excluding carboxylic acids is 1. The number of rotatable bonds is 3. The van der Waals surface area contributed by atoms with Crippen LogP contribution < -0.4 is 11.1 Å². The van der Waals surface area contributed by atoms with E-state index < -0.39 is 0 Å². The summed E-state index contributed by atoms with van der Waals surface area (Å²) in [6.45, 7) is 0.352. The minimum absolute atomic E-state index is 0.266. The van der Waals surface area contributed by atoms with Crippen molar-refractivity contribution >= 4 is 23.2 Å². The average molecular weight is 262 g/mol. The number of amides is 1. The van der Waals surface area contributed by atoms with Gasteiger partial charge in [-0.15, -0.1) is 0 Å². The Morgan fingerprint density at radius 2 is 2.11 bits per heavy atom. The molecule has 92 valence electrons. The molecular weight excluding hydrogens is 250 g/mol. The molecule has 0 radical (unpaired) electrons. The highest BCUT2D eigenvalue weighted by Crippen LogP contribution is 2.22. The first kappa shape index (κ1) is 12.4. The number of halogens is 1. The van der Waals surface area contributed by atoms with Crippen LogP contribution in [-0.4, -0.2) is 10.9 Å². The highest BCUT2D eigenvalue weighted by Gasteiger charge is 2.11. The molecule has 2 aromatic rings. The number of nitrogens with two attached hydrogens (primary N) is 1. The minimum Gasteiger partial charge on any atom is -0.398 e. The van der Waals surface area contributed by atoms with E-state index in [1.165, 1.54) is 0 Å². The average Bonchev–Trinajstić information content (AvgIpc) is 2.40. The number of nitrogen functional groups attached to an aromatic ring is 1. The normalized spacial score (nSPS) is 10.1. The van der Waals surface area contributed by atoms with E-state index in [4.69, 9.17) is 17.3 Å². The summed E-state index contributed by atoms with van der Waals surface area (Å²) in [6, 6.07) is 10.5. The first-order valence-electron chi connectivity index (χ1n) is 5.40. The zero-order chi connectivity index (χ0) is 13.0. The molecular formula is C13H12ClN3O. The van der Waals surface area contributed by atoms with Crippen LogP contribution in [0.1, 0.15) is 16.1 Å². The molecule has 0 aliphatic rings. The number of pyridine rings is 1. The third-order valence-electron chi connectivity index (χ3n) is 2.43. The summed E-state index contributed by atoms with van der Waals surface area (Å²) < 4.78 is 0. The lowest BCUT2D eigenvalue weighted by molar-refractivity contribution is 0.0950. The minimum atomic E-state index is -0.266. The molecule has 0 saturated heterocycles. The summed E-state index contributed by atoms with van der Waals surface area (Å²) in [5, 5.41) is 3.02. The number of benzene rings is 1. The van der Waals surface area contributed by atoms with E-state index in [2.05, 4.69) is 10.3 Å². The number of hydrogen-bond donors (Lipinski definition) is 2. The van der Waals surface area contributed by atoms with E-state index in [1.54, 1.807) is 24.4 Å². The van der Waals surface area contributed by atoms with Gasteiger partial charge in [-0.1, -0.05) is 23.7 Å². The molecule has 0 unspecified atom stereocenters. The van der Waals surface area contributed by atoms with Crippen molar-refractivity contribution in [2.45, 2.75) is 6.54 Å². The Labute approximate surface area is 110 Å². The zero-order valence-corrected chi connectivity index (χ0v) is 10.3. The molecule has 0 atom stereocenters. The third kappa shape index (κ3) is 2.78.